The Kier molecular flexibility index (Phi) is 3.45. The van der Waals surface area contributed by atoms with E-state index < -0.39 is 0 Å². The van der Waals surface area contributed by atoms with Crippen LogP contribution in [0.4, 0.5) is 0 Å². The summed E-state index contributed by atoms with van der Waals surface area (Å²) in [5.41, 5.74) is 2.51. The van der Waals surface area contributed by atoms with Crippen LogP contribution >= 0.6 is 11.6 Å². The minimum absolute atomic E-state index is 0.237. The summed E-state index contributed by atoms with van der Waals surface area (Å²) in [7, 11) is 1.99. The zero-order valence-electron chi connectivity index (χ0n) is 10.8. The van der Waals surface area contributed by atoms with Gasteiger partial charge in [-0.05, 0) is 30.8 Å². The fraction of sp³-hybridized carbons (Fsp3) is 0.250. The average molecular weight is 274 g/mol. The van der Waals surface area contributed by atoms with E-state index in [1.807, 2.05) is 31.3 Å². The molecule has 1 heterocycles. The van der Waals surface area contributed by atoms with Gasteiger partial charge in [0.1, 0.15) is 5.75 Å². The van der Waals surface area contributed by atoms with Crippen molar-refractivity contribution in [2.75, 3.05) is 13.7 Å². The van der Waals surface area contributed by atoms with Crippen molar-refractivity contribution in [2.24, 2.45) is 0 Å². The van der Waals surface area contributed by atoms with Crippen molar-refractivity contribution in [3.63, 3.8) is 0 Å². The molecular weight excluding hydrogens is 258 g/mol. The van der Waals surface area contributed by atoms with E-state index >= 15 is 0 Å². The van der Waals surface area contributed by atoms with E-state index in [4.69, 9.17) is 16.3 Å². The van der Waals surface area contributed by atoms with Crippen LogP contribution in [-0.4, -0.2) is 13.7 Å². The maximum atomic E-state index is 5.96. The second kappa shape index (κ2) is 5.24. The van der Waals surface area contributed by atoms with Crippen molar-refractivity contribution in [1.82, 2.24) is 5.32 Å². The fourth-order valence-electron chi connectivity index (χ4n) is 2.73. The van der Waals surface area contributed by atoms with Crippen molar-refractivity contribution in [2.45, 2.75) is 12.0 Å². The Labute approximate surface area is 118 Å². The largest absolute Gasteiger partial charge is 0.493 e. The van der Waals surface area contributed by atoms with Crippen LogP contribution in [0, 0.1) is 0 Å². The zero-order valence-corrected chi connectivity index (χ0v) is 11.5. The summed E-state index contributed by atoms with van der Waals surface area (Å²) in [5, 5.41) is 4.16. The second-order valence-electron chi connectivity index (χ2n) is 4.77. The second-order valence-corrected chi connectivity index (χ2v) is 5.21. The number of ether oxygens (including phenoxy) is 1. The molecule has 0 saturated carbocycles. The van der Waals surface area contributed by atoms with Crippen LogP contribution in [0.3, 0.4) is 0 Å². The quantitative estimate of drug-likeness (QED) is 0.919. The van der Waals surface area contributed by atoms with E-state index in [1.54, 1.807) is 0 Å². The highest BCUT2D eigenvalue weighted by atomic mass is 35.5. The Morgan fingerprint density at radius 3 is 2.63 bits per heavy atom. The predicted octanol–water partition coefficient (Wildman–Crippen LogP) is 3.78. The third-order valence-electron chi connectivity index (χ3n) is 3.68. The van der Waals surface area contributed by atoms with Crippen molar-refractivity contribution in [1.29, 1.82) is 0 Å². The van der Waals surface area contributed by atoms with Crippen molar-refractivity contribution in [3.05, 3.63) is 64.7 Å². The molecule has 1 N–H and O–H groups in total. The van der Waals surface area contributed by atoms with Crippen molar-refractivity contribution in [3.8, 4) is 5.75 Å². The molecule has 2 atom stereocenters. The molecule has 1 aliphatic heterocycles. The van der Waals surface area contributed by atoms with Crippen molar-refractivity contribution < 1.29 is 4.74 Å². The standard InChI is InChI=1S/C16H16ClNO/c1-18-16(11-6-8-12(17)9-7-11)14-10-19-15-5-3-2-4-13(14)15/h2-9,14,16,18H,10H2,1H3. The molecule has 2 nitrogen and oxygen atoms in total. The van der Waals surface area contributed by atoms with E-state index in [0.717, 1.165) is 10.8 Å². The van der Waals surface area contributed by atoms with Crippen LogP contribution in [-0.2, 0) is 0 Å². The summed E-state index contributed by atoms with van der Waals surface area (Å²) < 4.78 is 5.77. The molecule has 2 aromatic rings. The maximum absolute atomic E-state index is 5.96. The molecule has 2 unspecified atom stereocenters. The average Bonchev–Trinajstić information content (AvgIpc) is 2.86. The number of nitrogens with one attached hydrogen (secondary N) is 1. The van der Waals surface area contributed by atoms with Gasteiger partial charge in [0.15, 0.2) is 0 Å². The first-order valence-electron chi connectivity index (χ1n) is 6.44. The Bertz CT molecular complexity index is 567. The van der Waals surface area contributed by atoms with Gasteiger partial charge in [-0.1, -0.05) is 41.9 Å². The Balaban J connectivity index is 1.94. The Hall–Kier alpha value is -1.51. The first-order valence-corrected chi connectivity index (χ1v) is 6.82. The van der Waals surface area contributed by atoms with Gasteiger partial charge < -0.3 is 10.1 Å². The number of halogens is 1. The lowest BCUT2D eigenvalue weighted by atomic mass is 9.88. The summed E-state index contributed by atoms with van der Waals surface area (Å²) in [4.78, 5) is 0. The minimum Gasteiger partial charge on any atom is -0.493 e. The highest BCUT2D eigenvalue weighted by Crippen LogP contribution is 2.41. The van der Waals surface area contributed by atoms with Gasteiger partial charge in [0.05, 0.1) is 6.61 Å². The molecule has 1 aliphatic rings. The first-order chi connectivity index (χ1) is 9.29. The SMILES string of the molecule is CNC(c1ccc(Cl)cc1)C1COc2ccccc21. The molecule has 0 spiro atoms. The van der Waals surface area contributed by atoms with Crippen LogP contribution in [0.5, 0.6) is 5.75 Å². The van der Waals surface area contributed by atoms with Crippen LogP contribution < -0.4 is 10.1 Å². The number of para-hydroxylation sites is 1. The van der Waals surface area contributed by atoms with Gasteiger partial charge in [-0.15, -0.1) is 0 Å². The summed E-state index contributed by atoms with van der Waals surface area (Å²) in [6.45, 7) is 0.716. The summed E-state index contributed by atoms with van der Waals surface area (Å²) in [6, 6.07) is 16.5. The lowest BCUT2D eigenvalue weighted by Crippen LogP contribution is -2.24. The Morgan fingerprint density at radius 1 is 1.16 bits per heavy atom. The number of hydrogen-bond acceptors (Lipinski definition) is 2. The van der Waals surface area contributed by atoms with E-state index in [0.29, 0.717) is 12.5 Å². The Morgan fingerprint density at radius 2 is 1.89 bits per heavy atom. The lowest BCUT2D eigenvalue weighted by molar-refractivity contribution is 0.304. The van der Waals surface area contributed by atoms with Gasteiger partial charge in [0.25, 0.3) is 0 Å². The van der Waals surface area contributed by atoms with E-state index in [1.165, 1.54) is 11.1 Å². The van der Waals surface area contributed by atoms with E-state index in [-0.39, 0.29) is 6.04 Å². The van der Waals surface area contributed by atoms with Crippen molar-refractivity contribution >= 4 is 11.6 Å². The topological polar surface area (TPSA) is 21.3 Å². The van der Waals surface area contributed by atoms with Gasteiger partial charge in [0.2, 0.25) is 0 Å². The van der Waals surface area contributed by atoms with Gasteiger partial charge in [-0.3, -0.25) is 0 Å². The van der Waals surface area contributed by atoms with Crippen LogP contribution in [0.2, 0.25) is 5.02 Å². The molecule has 3 rings (SSSR count). The number of rotatable bonds is 3. The van der Waals surface area contributed by atoms with E-state index in [9.17, 15) is 0 Å². The van der Waals surface area contributed by atoms with Gasteiger partial charge in [0, 0.05) is 22.5 Å². The molecule has 0 amide bonds. The van der Waals surface area contributed by atoms with Crippen LogP contribution in [0.1, 0.15) is 23.1 Å². The number of fused-ring (bicyclic) bond motifs is 1. The summed E-state index contributed by atoms with van der Waals surface area (Å²) in [5.74, 6) is 1.34. The molecule has 98 valence electrons. The van der Waals surface area contributed by atoms with Crippen LogP contribution in [0.25, 0.3) is 0 Å². The molecule has 0 radical (unpaired) electrons. The third-order valence-corrected chi connectivity index (χ3v) is 3.93. The third kappa shape index (κ3) is 2.34. The molecule has 0 fully saturated rings. The molecule has 0 saturated heterocycles. The number of hydrogen-bond donors (Lipinski definition) is 1. The zero-order chi connectivity index (χ0) is 13.2. The maximum Gasteiger partial charge on any atom is 0.122 e. The highest BCUT2D eigenvalue weighted by Gasteiger charge is 2.31. The van der Waals surface area contributed by atoms with Gasteiger partial charge in [-0.2, -0.15) is 0 Å². The molecule has 0 aromatic heterocycles. The molecule has 0 bridgehead atoms. The lowest BCUT2D eigenvalue weighted by Gasteiger charge is -2.23. The smallest absolute Gasteiger partial charge is 0.122 e. The van der Waals surface area contributed by atoms with E-state index in [2.05, 4.69) is 29.6 Å². The first kappa shape index (κ1) is 12.5. The normalized spacial score (nSPS) is 18.7. The predicted molar refractivity (Wildman–Crippen MR) is 77.9 cm³/mol. The van der Waals surface area contributed by atoms with Crippen LogP contribution in [0.15, 0.2) is 48.5 Å². The summed E-state index contributed by atoms with van der Waals surface area (Å²) in [6.07, 6.45) is 0. The molecular formula is C16H16ClNO. The molecule has 19 heavy (non-hydrogen) atoms. The highest BCUT2D eigenvalue weighted by molar-refractivity contribution is 6.30. The minimum atomic E-state index is 0.237. The number of likely N-dealkylation sites (N-methyl/N-ethyl adjacent to an activating group) is 1. The number of benzene rings is 2. The molecule has 2 aromatic carbocycles. The summed E-state index contributed by atoms with van der Waals surface area (Å²) >= 11 is 5.96. The molecule has 3 heteroatoms. The fourth-order valence-corrected chi connectivity index (χ4v) is 2.86. The monoisotopic (exact) mass is 273 g/mol. The van der Waals surface area contributed by atoms with Gasteiger partial charge >= 0.3 is 0 Å². The molecule has 0 aliphatic carbocycles. The van der Waals surface area contributed by atoms with Gasteiger partial charge in [-0.25, -0.2) is 0 Å².